The maximum atomic E-state index is 13.2. The molecule has 1 aliphatic rings. The van der Waals surface area contributed by atoms with Gasteiger partial charge < -0.3 is 24.8 Å². The number of hydrogen-bond acceptors (Lipinski definition) is 5. The number of carbonyl (C=O) groups is 2. The molecule has 33 heavy (non-hydrogen) atoms. The second kappa shape index (κ2) is 12.1. The van der Waals surface area contributed by atoms with Gasteiger partial charge in [0.25, 0.3) is 11.8 Å². The van der Waals surface area contributed by atoms with Crippen LogP contribution in [0.4, 0.5) is 0 Å². The molecule has 7 heteroatoms. The Morgan fingerprint density at radius 3 is 2.27 bits per heavy atom. The van der Waals surface area contributed by atoms with Crippen LogP contribution in [0.5, 0.6) is 17.2 Å². The van der Waals surface area contributed by atoms with Crippen LogP contribution in [-0.4, -0.2) is 43.1 Å². The van der Waals surface area contributed by atoms with Gasteiger partial charge in [0.15, 0.2) is 24.7 Å². The van der Waals surface area contributed by atoms with E-state index in [0.717, 1.165) is 37.7 Å². The summed E-state index contributed by atoms with van der Waals surface area (Å²) in [6, 6.07) is 13.5. The second-order valence-electron chi connectivity index (χ2n) is 8.34. The van der Waals surface area contributed by atoms with Gasteiger partial charge in [-0.3, -0.25) is 9.59 Å². The molecule has 1 aliphatic carbocycles. The number of amides is 2. The summed E-state index contributed by atoms with van der Waals surface area (Å²) in [5, 5.41) is 0. The van der Waals surface area contributed by atoms with E-state index in [0.29, 0.717) is 23.8 Å². The highest BCUT2D eigenvalue weighted by atomic mass is 16.5. The maximum Gasteiger partial charge on any atom is 0.261 e. The number of nitrogens with two attached hydrogens (primary N) is 1. The summed E-state index contributed by atoms with van der Waals surface area (Å²) in [4.78, 5) is 26.2. The number of aryl methyl sites for hydroxylation is 1. The molecular weight excluding hydrogens is 420 g/mol. The van der Waals surface area contributed by atoms with Gasteiger partial charge in [0, 0.05) is 12.6 Å². The fourth-order valence-electron chi connectivity index (χ4n) is 4.14. The van der Waals surface area contributed by atoms with Crippen molar-refractivity contribution in [1.82, 2.24) is 4.90 Å². The Labute approximate surface area is 195 Å². The van der Waals surface area contributed by atoms with Crippen molar-refractivity contribution in [3.63, 3.8) is 0 Å². The molecule has 0 aliphatic heterocycles. The van der Waals surface area contributed by atoms with Gasteiger partial charge in [0.1, 0.15) is 5.75 Å². The minimum atomic E-state index is -0.556. The number of ether oxygens (including phenoxy) is 3. The van der Waals surface area contributed by atoms with Crippen molar-refractivity contribution < 1.29 is 23.8 Å². The predicted octanol–water partition coefficient (Wildman–Crippen LogP) is 3.86. The number of rotatable bonds is 11. The molecule has 3 rings (SSSR count). The van der Waals surface area contributed by atoms with Gasteiger partial charge in [-0.25, -0.2) is 0 Å². The molecule has 1 fully saturated rings. The summed E-state index contributed by atoms with van der Waals surface area (Å²) in [6.07, 6.45) is 6.40. The average molecular weight is 455 g/mol. The third-order valence-electron chi connectivity index (χ3n) is 5.98. The fraction of sp³-hybridized carbons (Fsp3) is 0.462. The molecule has 0 radical (unpaired) electrons. The summed E-state index contributed by atoms with van der Waals surface area (Å²) in [5.74, 6) is 1.04. The minimum Gasteiger partial charge on any atom is -0.493 e. The summed E-state index contributed by atoms with van der Waals surface area (Å²) in [7, 11) is 1.54. The molecule has 0 spiro atoms. The van der Waals surface area contributed by atoms with E-state index < -0.39 is 5.91 Å². The van der Waals surface area contributed by atoms with Gasteiger partial charge >= 0.3 is 0 Å². The lowest BCUT2D eigenvalue weighted by atomic mass is 9.93. The first-order valence-corrected chi connectivity index (χ1v) is 11.6. The largest absolute Gasteiger partial charge is 0.493 e. The topological polar surface area (TPSA) is 91.1 Å². The van der Waals surface area contributed by atoms with Gasteiger partial charge in [-0.05, 0) is 54.7 Å². The van der Waals surface area contributed by atoms with Crippen molar-refractivity contribution in [2.24, 2.45) is 5.73 Å². The van der Waals surface area contributed by atoms with Crippen LogP contribution in [0.15, 0.2) is 42.5 Å². The highest BCUT2D eigenvalue weighted by molar-refractivity contribution is 5.78. The van der Waals surface area contributed by atoms with Crippen molar-refractivity contribution in [3.05, 3.63) is 53.6 Å². The molecule has 0 saturated heterocycles. The highest BCUT2D eigenvalue weighted by Gasteiger charge is 2.26. The Hall–Kier alpha value is -3.22. The van der Waals surface area contributed by atoms with Gasteiger partial charge in [0.05, 0.1) is 7.11 Å². The van der Waals surface area contributed by atoms with Crippen LogP contribution in [0.1, 0.15) is 50.2 Å². The number of hydrogen-bond donors (Lipinski definition) is 1. The van der Waals surface area contributed by atoms with E-state index in [1.807, 2.05) is 41.3 Å². The summed E-state index contributed by atoms with van der Waals surface area (Å²) < 4.78 is 16.7. The van der Waals surface area contributed by atoms with E-state index in [-0.39, 0.29) is 25.2 Å². The second-order valence-corrected chi connectivity index (χ2v) is 8.34. The number of carbonyl (C=O) groups excluding carboxylic acids is 2. The monoisotopic (exact) mass is 454 g/mol. The zero-order valence-corrected chi connectivity index (χ0v) is 19.5. The predicted molar refractivity (Wildman–Crippen MR) is 126 cm³/mol. The van der Waals surface area contributed by atoms with Crippen LogP contribution >= 0.6 is 0 Å². The highest BCUT2D eigenvalue weighted by Crippen LogP contribution is 2.30. The van der Waals surface area contributed by atoms with Crippen LogP contribution < -0.4 is 19.9 Å². The molecule has 2 aromatic rings. The van der Waals surface area contributed by atoms with E-state index in [9.17, 15) is 9.59 Å². The first kappa shape index (κ1) is 24.4. The molecule has 0 aromatic heterocycles. The smallest absolute Gasteiger partial charge is 0.261 e. The Morgan fingerprint density at radius 1 is 0.939 bits per heavy atom. The normalized spacial score (nSPS) is 13.9. The molecule has 0 unspecified atom stereocenters. The number of nitrogens with zero attached hydrogens (tertiary/aromatic N) is 1. The molecule has 2 aromatic carbocycles. The third-order valence-corrected chi connectivity index (χ3v) is 5.98. The third kappa shape index (κ3) is 7.14. The molecule has 7 nitrogen and oxygen atoms in total. The van der Waals surface area contributed by atoms with E-state index in [2.05, 4.69) is 6.92 Å². The van der Waals surface area contributed by atoms with Crippen molar-refractivity contribution in [1.29, 1.82) is 0 Å². The first-order valence-electron chi connectivity index (χ1n) is 11.6. The standard InChI is InChI=1S/C26H34N2O5/c1-3-19-9-12-22(13-10-19)32-18-26(30)28(21-7-5-4-6-8-21)16-20-11-14-23(24(15-20)31-2)33-17-25(27)29/h9-15,21H,3-8,16-18H2,1-2H3,(H2,27,29). The van der Waals surface area contributed by atoms with Gasteiger partial charge in [-0.15, -0.1) is 0 Å². The number of methoxy groups -OCH3 is 1. The SMILES string of the molecule is CCc1ccc(OCC(=O)N(Cc2ccc(OCC(N)=O)c(OC)c2)C2CCCCC2)cc1. The quantitative estimate of drug-likeness (QED) is 0.557. The fourth-order valence-corrected chi connectivity index (χ4v) is 4.14. The number of primary amides is 1. The summed E-state index contributed by atoms with van der Waals surface area (Å²) in [5.41, 5.74) is 7.32. The van der Waals surface area contributed by atoms with Gasteiger partial charge in [0.2, 0.25) is 0 Å². The molecule has 178 valence electrons. The van der Waals surface area contributed by atoms with Crippen LogP contribution in [0, 0.1) is 0 Å². The Balaban J connectivity index is 1.71. The van der Waals surface area contributed by atoms with Gasteiger partial charge in [-0.2, -0.15) is 0 Å². The molecular formula is C26H34N2O5. The van der Waals surface area contributed by atoms with Crippen molar-refractivity contribution >= 4 is 11.8 Å². The molecule has 1 saturated carbocycles. The number of benzene rings is 2. The van der Waals surface area contributed by atoms with E-state index in [1.54, 1.807) is 6.07 Å². The lowest BCUT2D eigenvalue weighted by molar-refractivity contribution is -0.137. The Bertz CT molecular complexity index is 923. The molecule has 2 amide bonds. The van der Waals surface area contributed by atoms with Crippen molar-refractivity contribution in [2.75, 3.05) is 20.3 Å². The van der Waals surface area contributed by atoms with Crippen LogP contribution in [-0.2, 0) is 22.6 Å². The van der Waals surface area contributed by atoms with E-state index in [4.69, 9.17) is 19.9 Å². The minimum absolute atomic E-state index is 0.00108. The maximum absolute atomic E-state index is 13.2. The van der Waals surface area contributed by atoms with Crippen molar-refractivity contribution in [2.45, 2.75) is 58.0 Å². The Morgan fingerprint density at radius 2 is 1.64 bits per heavy atom. The van der Waals surface area contributed by atoms with Crippen LogP contribution in [0.3, 0.4) is 0 Å². The Kier molecular flexibility index (Phi) is 8.98. The zero-order chi connectivity index (χ0) is 23.6. The van der Waals surface area contributed by atoms with E-state index >= 15 is 0 Å². The lowest BCUT2D eigenvalue weighted by Gasteiger charge is -2.34. The van der Waals surface area contributed by atoms with Crippen molar-refractivity contribution in [3.8, 4) is 17.2 Å². The van der Waals surface area contributed by atoms with Crippen LogP contribution in [0.25, 0.3) is 0 Å². The van der Waals surface area contributed by atoms with E-state index in [1.165, 1.54) is 19.1 Å². The lowest BCUT2D eigenvalue weighted by Crippen LogP contribution is -2.43. The molecule has 0 atom stereocenters. The average Bonchev–Trinajstić information content (AvgIpc) is 2.85. The van der Waals surface area contributed by atoms with Gasteiger partial charge in [-0.1, -0.05) is 44.4 Å². The van der Waals surface area contributed by atoms with Crippen LogP contribution in [0.2, 0.25) is 0 Å². The first-order chi connectivity index (χ1) is 16.0. The summed E-state index contributed by atoms with van der Waals surface area (Å²) in [6.45, 7) is 2.33. The summed E-state index contributed by atoms with van der Waals surface area (Å²) >= 11 is 0. The molecule has 0 bridgehead atoms. The molecule has 0 heterocycles. The zero-order valence-electron chi connectivity index (χ0n) is 19.5. The molecule has 2 N–H and O–H groups in total.